The van der Waals surface area contributed by atoms with Crippen molar-refractivity contribution in [3.8, 4) is 6.07 Å². The molecule has 0 aromatic heterocycles. The average molecular weight is 267 g/mol. The predicted octanol–water partition coefficient (Wildman–Crippen LogP) is 3.54. The number of para-hydroxylation sites is 1. The van der Waals surface area contributed by atoms with Gasteiger partial charge in [0.15, 0.2) is 0 Å². The van der Waals surface area contributed by atoms with Crippen molar-refractivity contribution in [2.75, 3.05) is 11.9 Å². The molecular formula is C15H13N3O2. The fraction of sp³-hybridized carbons (Fsp3) is 0.133. The number of hydrogen-bond acceptors (Lipinski definition) is 4. The highest BCUT2D eigenvalue weighted by Gasteiger charge is 2.16. The van der Waals surface area contributed by atoms with Gasteiger partial charge < -0.3 is 4.90 Å². The third-order valence-electron chi connectivity index (χ3n) is 3.16. The Labute approximate surface area is 116 Å². The summed E-state index contributed by atoms with van der Waals surface area (Å²) in [5, 5.41) is 19.9. The van der Waals surface area contributed by atoms with Crippen LogP contribution in [-0.4, -0.2) is 12.0 Å². The maximum absolute atomic E-state index is 11.0. The van der Waals surface area contributed by atoms with Crippen molar-refractivity contribution in [3.63, 3.8) is 0 Å². The molecule has 0 heterocycles. The molecule has 0 unspecified atom stereocenters. The SMILES string of the molecule is Cc1ccccc1N(C)c1ccc(C#N)c([N+](=O)[O-])c1. The lowest BCUT2D eigenvalue weighted by Crippen LogP contribution is -2.11. The molecule has 5 heteroatoms. The molecule has 0 atom stereocenters. The highest BCUT2D eigenvalue weighted by Crippen LogP contribution is 2.30. The Bertz CT molecular complexity index is 705. The number of benzene rings is 2. The number of nitriles is 1. The van der Waals surface area contributed by atoms with Crippen LogP contribution in [0.3, 0.4) is 0 Å². The fourth-order valence-electron chi connectivity index (χ4n) is 2.05. The zero-order valence-electron chi connectivity index (χ0n) is 11.2. The van der Waals surface area contributed by atoms with Crippen molar-refractivity contribution in [1.82, 2.24) is 0 Å². The van der Waals surface area contributed by atoms with Crippen LogP contribution in [0.4, 0.5) is 17.1 Å². The summed E-state index contributed by atoms with van der Waals surface area (Å²) < 4.78 is 0. The monoisotopic (exact) mass is 267 g/mol. The molecule has 5 nitrogen and oxygen atoms in total. The number of hydrogen-bond donors (Lipinski definition) is 0. The van der Waals surface area contributed by atoms with Gasteiger partial charge in [0.05, 0.1) is 4.92 Å². The van der Waals surface area contributed by atoms with Crippen LogP contribution in [0.5, 0.6) is 0 Å². The highest BCUT2D eigenvalue weighted by atomic mass is 16.6. The zero-order valence-corrected chi connectivity index (χ0v) is 11.2. The standard InChI is InChI=1S/C15H13N3O2/c1-11-5-3-4-6-14(11)17(2)13-8-7-12(10-16)15(9-13)18(19)20/h3-9H,1-2H3. The van der Waals surface area contributed by atoms with Gasteiger partial charge in [-0.05, 0) is 30.7 Å². The lowest BCUT2D eigenvalue weighted by atomic mass is 10.1. The van der Waals surface area contributed by atoms with Crippen LogP contribution in [0.1, 0.15) is 11.1 Å². The second kappa shape index (κ2) is 5.41. The second-order valence-electron chi connectivity index (χ2n) is 4.42. The maximum atomic E-state index is 11.0. The Hall–Kier alpha value is -2.87. The van der Waals surface area contributed by atoms with Gasteiger partial charge in [0.1, 0.15) is 11.6 Å². The average Bonchev–Trinajstić information content (AvgIpc) is 2.46. The number of nitrogens with zero attached hydrogens (tertiary/aromatic N) is 3. The Morgan fingerprint density at radius 3 is 2.55 bits per heavy atom. The van der Waals surface area contributed by atoms with Gasteiger partial charge in [0.2, 0.25) is 0 Å². The van der Waals surface area contributed by atoms with E-state index in [1.807, 2.05) is 49.2 Å². The van der Waals surface area contributed by atoms with Crippen molar-refractivity contribution in [3.05, 3.63) is 63.7 Å². The minimum Gasteiger partial charge on any atom is -0.344 e. The van der Waals surface area contributed by atoms with Crippen LogP contribution in [0.15, 0.2) is 42.5 Å². The lowest BCUT2D eigenvalue weighted by molar-refractivity contribution is -0.385. The van der Waals surface area contributed by atoms with Crippen LogP contribution in [-0.2, 0) is 0 Å². The molecule has 100 valence electrons. The smallest absolute Gasteiger partial charge is 0.289 e. The molecule has 2 aromatic carbocycles. The second-order valence-corrected chi connectivity index (χ2v) is 4.42. The molecule has 0 spiro atoms. The third kappa shape index (κ3) is 2.45. The van der Waals surface area contributed by atoms with Crippen molar-refractivity contribution in [1.29, 1.82) is 5.26 Å². The van der Waals surface area contributed by atoms with Crippen LogP contribution in [0, 0.1) is 28.4 Å². The number of anilines is 2. The molecule has 0 amide bonds. The molecule has 2 aromatic rings. The fourth-order valence-corrected chi connectivity index (χ4v) is 2.05. The van der Waals surface area contributed by atoms with E-state index in [0.717, 1.165) is 11.3 Å². The summed E-state index contributed by atoms with van der Waals surface area (Å²) >= 11 is 0. The molecule has 0 fully saturated rings. The first-order valence-corrected chi connectivity index (χ1v) is 6.02. The number of rotatable bonds is 3. The van der Waals surface area contributed by atoms with E-state index in [-0.39, 0.29) is 11.3 Å². The van der Waals surface area contributed by atoms with Gasteiger partial charge in [-0.3, -0.25) is 10.1 Å². The quantitative estimate of drug-likeness (QED) is 0.630. The Morgan fingerprint density at radius 1 is 1.25 bits per heavy atom. The minimum atomic E-state index is -0.534. The molecule has 0 bridgehead atoms. The summed E-state index contributed by atoms with van der Waals surface area (Å²) in [5.74, 6) is 0. The Kier molecular flexibility index (Phi) is 3.67. The molecule has 2 rings (SSSR count). The van der Waals surface area contributed by atoms with Crippen LogP contribution in [0.2, 0.25) is 0 Å². The summed E-state index contributed by atoms with van der Waals surface area (Å²) in [6, 6.07) is 14.2. The predicted molar refractivity (Wildman–Crippen MR) is 77.1 cm³/mol. The number of nitro benzene ring substituents is 1. The van der Waals surface area contributed by atoms with Gasteiger partial charge in [0, 0.05) is 24.5 Å². The van der Waals surface area contributed by atoms with Gasteiger partial charge in [0.25, 0.3) is 5.69 Å². The Balaban J connectivity index is 2.49. The number of nitro groups is 1. The Morgan fingerprint density at radius 2 is 1.95 bits per heavy atom. The summed E-state index contributed by atoms with van der Waals surface area (Å²) in [7, 11) is 1.84. The van der Waals surface area contributed by atoms with E-state index < -0.39 is 4.92 Å². The first kappa shape index (κ1) is 13.6. The molecule has 0 radical (unpaired) electrons. The van der Waals surface area contributed by atoms with Crippen molar-refractivity contribution in [2.45, 2.75) is 6.92 Å². The molecule has 0 aliphatic heterocycles. The molecule has 0 saturated heterocycles. The molecule has 0 aliphatic rings. The minimum absolute atomic E-state index is 0.0666. The number of aryl methyl sites for hydroxylation is 1. The van der Waals surface area contributed by atoms with E-state index in [4.69, 9.17) is 5.26 Å². The van der Waals surface area contributed by atoms with Crippen LogP contribution >= 0.6 is 0 Å². The van der Waals surface area contributed by atoms with Crippen LogP contribution in [0.25, 0.3) is 0 Å². The van der Waals surface area contributed by atoms with Crippen molar-refractivity contribution in [2.24, 2.45) is 0 Å². The topological polar surface area (TPSA) is 70.2 Å². The van der Waals surface area contributed by atoms with E-state index in [1.54, 1.807) is 6.07 Å². The lowest BCUT2D eigenvalue weighted by Gasteiger charge is -2.21. The van der Waals surface area contributed by atoms with Gasteiger partial charge >= 0.3 is 0 Å². The third-order valence-corrected chi connectivity index (χ3v) is 3.16. The van der Waals surface area contributed by atoms with Crippen molar-refractivity contribution >= 4 is 17.1 Å². The highest BCUT2D eigenvalue weighted by molar-refractivity contribution is 5.69. The van der Waals surface area contributed by atoms with E-state index in [2.05, 4.69) is 0 Å². The summed E-state index contributed by atoms with van der Waals surface area (Å²) in [6.07, 6.45) is 0. The normalized spacial score (nSPS) is 9.85. The summed E-state index contributed by atoms with van der Waals surface area (Å²) in [4.78, 5) is 12.3. The summed E-state index contributed by atoms with van der Waals surface area (Å²) in [5.41, 5.74) is 2.60. The van der Waals surface area contributed by atoms with Gasteiger partial charge in [-0.1, -0.05) is 18.2 Å². The van der Waals surface area contributed by atoms with E-state index >= 15 is 0 Å². The van der Waals surface area contributed by atoms with E-state index in [0.29, 0.717) is 5.69 Å². The first-order chi connectivity index (χ1) is 9.54. The van der Waals surface area contributed by atoms with Crippen molar-refractivity contribution < 1.29 is 4.92 Å². The first-order valence-electron chi connectivity index (χ1n) is 6.02. The van der Waals surface area contributed by atoms with Gasteiger partial charge in [-0.2, -0.15) is 5.26 Å². The van der Waals surface area contributed by atoms with Gasteiger partial charge in [-0.15, -0.1) is 0 Å². The zero-order chi connectivity index (χ0) is 14.7. The molecule has 0 saturated carbocycles. The molecule has 20 heavy (non-hydrogen) atoms. The van der Waals surface area contributed by atoms with E-state index in [1.165, 1.54) is 12.1 Å². The van der Waals surface area contributed by atoms with Gasteiger partial charge in [-0.25, -0.2) is 0 Å². The molecule has 0 N–H and O–H groups in total. The van der Waals surface area contributed by atoms with Crippen LogP contribution < -0.4 is 4.90 Å². The molecule has 0 aliphatic carbocycles. The maximum Gasteiger partial charge on any atom is 0.289 e. The summed E-state index contributed by atoms with van der Waals surface area (Å²) in [6.45, 7) is 1.98. The largest absolute Gasteiger partial charge is 0.344 e. The molecular weight excluding hydrogens is 254 g/mol. The van der Waals surface area contributed by atoms with E-state index in [9.17, 15) is 10.1 Å².